The molecule has 6 heteroatoms. The van der Waals surface area contributed by atoms with Crippen LogP contribution < -0.4 is 0 Å². The first kappa shape index (κ1) is 14.0. The van der Waals surface area contributed by atoms with Gasteiger partial charge in [0.05, 0.1) is 29.8 Å². The minimum Gasteiger partial charge on any atom is -0.390 e. The molecule has 0 radical (unpaired) electrons. The number of ether oxygens (including phenoxy) is 1. The Kier molecular flexibility index (Phi) is 3.79. The summed E-state index contributed by atoms with van der Waals surface area (Å²) in [6.45, 7) is 3.74. The van der Waals surface area contributed by atoms with Crippen molar-refractivity contribution in [2.75, 3.05) is 19.7 Å². The zero-order valence-electron chi connectivity index (χ0n) is 11.7. The average Bonchev–Trinajstić information content (AvgIpc) is 3.03. The summed E-state index contributed by atoms with van der Waals surface area (Å²) in [6.07, 6.45) is 2.30. The number of aryl methyl sites for hydroxylation is 1. The monoisotopic (exact) mass is 296 g/mol. The minimum atomic E-state index is -0.522. The summed E-state index contributed by atoms with van der Waals surface area (Å²) in [5.41, 5.74) is 0.316. The van der Waals surface area contributed by atoms with E-state index in [0.717, 1.165) is 23.5 Å². The van der Waals surface area contributed by atoms with Crippen LogP contribution in [0, 0.1) is 6.92 Å². The molecule has 1 aromatic rings. The lowest BCUT2D eigenvalue weighted by atomic mass is 9.87. The van der Waals surface area contributed by atoms with E-state index in [9.17, 15) is 9.90 Å². The number of aromatic nitrogens is 1. The van der Waals surface area contributed by atoms with Gasteiger partial charge in [-0.3, -0.25) is 4.79 Å². The number of thiazole rings is 1. The Bertz CT molecular complexity index is 496. The number of amides is 1. The van der Waals surface area contributed by atoms with Gasteiger partial charge in [0.25, 0.3) is 0 Å². The molecule has 2 fully saturated rings. The van der Waals surface area contributed by atoms with Crippen LogP contribution in [-0.4, -0.2) is 52.3 Å². The number of aliphatic hydroxyl groups excluding tert-OH is 1. The maximum Gasteiger partial charge on any atom is 0.228 e. The molecule has 5 nitrogen and oxygen atoms in total. The number of hydrogen-bond acceptors (Lipinski definition) is 5. The van der Waals surface area contributed by atoms with E-state index < -0.39 is 11.7 Å². The predicted octanol–water partition coefficient (Wildman–Crippen LogP) is 1.14. The van der Waals surface area contributed by atoms with Crippen LogP contribution in [0.25, 0.3) is 0 Å². The highest BCUT2D eigenvalue weighted by molar-refractivity contribution is 7.09. The SMILES string of the molecule is Cc1nc(CC(=O)N2CC[C@H](O)[C@]3(CCCO3)C2)cs1. The third-order valence-corrected chi connectivity index (χ3v) is 5.05. The molecule has 2 saturated heterocycles. The van der Waals surface area contributed by atoms with Crippen LogP contribution in [-0.2, 0) is 16.0 Å². The van der Waals surface area contributed by atoms with Crippen LogP contribution >= 0.6 is 11.3 Å². The van der Waals surface area contributed by atoms with Crippen molar-refractivity contribution in [3.8, 4) is 0 Å². The second-order valence-corrected chi connectivity index (χ2v) is 6.73. The molecule has 1 amide bonds. The van der Waals surface area contributed by atoms with Crippen LogP contribution in [0.4, 0.5) is 0 Å². The smallest absolute Gasteiger partial charge is 0.228 e. The molecule has 0 saturated carbocycles. The van der Waals surface area contributed by atoms with Gasteiger partial charge in [0.15, 0.2) is 0 Å². The Morgan fingerprint density at radius 2 is 2.55 bits per heavy atom. The van der Waals surface area contributed by atoms with E-state index in [1.807, 2.05) is 17.2 Å². The van der Waals surface area contributed by atoms with Gasteiger partial charge < -0.3 is 14.7 Å². The molecular formula is C14H20N2O3S. The van der Waals surface area contributed by atoms with Crippen molar-refractivity contribution in [1.29, 1.82) is 0 Å². The van der Waals surface area contributed by atoms with Crippen LogP contribution in [0.2, 0.25) is 0 Å². The largest absolute Gasteiger partial charge is 0.390 e. The van der Waals surface area contributed by atoms with E-state index in [1.165, 1.54) is 0 Å². The lowest BCUT2D eigenvalue weighted by Crippen LogP contribution is -2.58. The van der Waals surface area contributed by atoms with Gasteiger partial charge in [-0.05, 0) is 26.2 Å². The van der Waals surface area contributed by atoms with E-state index in [4.69, 9.17) is 4.74 Å². The van der Waals surface area contributed by atoms with E-state index in [1.54, 1.807) is 11.3 Å². The quantitative estimate of drug-likeness (QED) is 0.889. The Morgan fingerprint density at radius 1 is 1.70 bits per heavy atom. The third-order valence-electron chi connectivity index (χ3n) is 4.22. The number of carbonyl (C=O) groups is 1. The van der Waals surface area contributed by atoms with Crippen molar-refractivity contribution >= 4 is 17.2 Å². The molecule has 1 N–H and O–H groups in total. The second-order valence-electron chi connectivity index (χ2n) is 5.67. The summed E-state index contributed by atoms with van der Waals surface area (Å²) in [6, 6.07) is 0. The van der Waals surface area contributed by atoms with Crippen LogP contribution in [0.5, 0.6) is 0 Å². The Morgan fingerprint density at radius 3 is 3.20 bits per heavy atom. The maximum atomic E-state index is 12.4. The second kappa shape index (κ2) is 5.42. The summed E-state index contributed by atoms with van der Waals surface area (Å²) in [5.74, 6) is 0.0806. The number of piperidine rings is 1. The molecule has 20 heavy (non-hydrogen) atoms. The van der Waals surface area contributed by atoms with E-state index >= 15 is 0 Å². The van der Waals surface area contributed by atoms with Crippen molar-refractivity contribution in [3.05, 3.63) is 16.1 Å². The van der Waals surface area contributed by atoms with Gasteiger partial charge >= 0.3 is 0 Å². The number of carbonyl (C=O) groups excluding carboxylic acids is 1. The zero-order chi connectivity index (χ0) is 14.2. The summed E-state index contributed by atoms with van der Waals surface area (Å²) in [5, 5.41) is 13.1. The molecule has 0 unspecified atom stereocenters. The molecular weight excluding hydrogens is 276 g/mol. The van der Waals surface area contributed by atoms with E-state index in [2.05, 4.69) is 4.98 Å². The van der Waals surface area contributed by atoms with Crippen molar-refractivity contribution in [1.82, 2.24) is 9.88 Å². The summed E-state index contributed by atoms with van der Waals surface area (Å²) >= 11 is 1.57. The molecule has 0 aliphatic carbocycles. The number of likely N-dealkylation sites (tertiary alicyclic amines) is 1. The van der Waals surface area contributed by atoms with Gasteiger partial charge in [0.2, 0.25) is 5.91 Å². The van der Waals surface area contributed by atoms with Gasteiger partial charge in [0.1, 0.15) is 5.60 Å². The van der Waals surface area contributed by atoms with Crippen LogP contribution in [0.1, 0.15) is 30.0 Å². The lowest BCUT2D eigenvalue weighted by Gasteiger charge is -2.43. The van der Waals surface area contributed by atoms with Gasteiger partial charge in [-0.25, -0.2) is 4.98 Å². The third kappa shape index (κ3) is 2.60. The lowest BCUT2D eigenvalue weighted by molar-refractivity contribution is -0.154. The first-order chi connectivity index (χ1) is 9.59. The Balaban J connectivity index is 1.66. The minimum absolute atomic E-state index is 0.0806. The highest BCUT2D eigenvalue weighted by Gasteiger charge is 2.47. The molecule has 2 aliphatic rings. The molecule has 110 valence electrons. The maximum absolute atomic E-state index is 12.4. The van der Waals surface area contributed by atoms with Gasteiger partial charge in [0, 0.05) is 18.5 Å². The van der Waals surface area contributed by atoms with Gasteiger partial charge in [-0.2, -0.15) is 0 Å². The number of nitrogens with zero attached hydrogens (tertiary/aromatic N) is 2. The highest BCUT2D eigenvalue weighted by atomic mass is 32.1. The fourth-order valence-electron chi connectivity index (χ4n) is 3.12. The van der Waals surface area contributed by atoms with Crippen molar-refractivity contribution in [3.63, 3.8) is 0 Å². The van der Waals surface area contributed by atoms with Gasteiger partial charge in [-0.1, -0.05) is 0 Å². The fraction of sp³-hybridized carbons (Fsp3) is 0.714. The zero-order valence-corrected chi connectivity index (χ0v) is 12.5. The van der Waals surface area contributed by atoms with Crippen molar-refractivity contribution < 1.29 is 14.6 Å². The average molecular weight is 296 g/mol. The standard InChI is InChI=1S/C14H20N2O3S/c1-10-15-11(8-20-10)7-13(18)16-5-3-12(17)14(9-16)4-2-6-19-14/h8,12,17H,2-7,9H2,1H3/t12-,14-/m0/s1. The highest BCUT2D eigenvalue weighted by Crippen LogP contribution is 2.35. The topological polar surface area (TPSA) is 62.7 Å². The van der Waals surface area contributed by atoms with Crippen LogP contribution in [0.3, 0.4) is 0 Å². The molecule has 0 aromatic carbocycles. The molecule has 3 heterocycles. The first-order valence-electron chi connectivity index (χ1n) is 7.10. The normalized spacial score (nSPS) is 30.1. The van der Waals surface area contributed by atoms with E-state index in [-0.39, 0.29) is 5.91 Å². The van der Waals surface area contributed by atoms with Gasteiger partial charge in [-0.15, -0.1) is 11.3 Å². The first-order valence-corrected chi connectivity index (χ1v) is 7.98. The molecule has 2 aliphatic heterocycles. The summed E-state index contributed by atoms with van der Waals surface area (Å²) < 4.78 is 5.77. The number of rotatable bonds is 2. The molecule has 2 atom stereocenters. The molecule has 3 rings (SSSR count). The molecule has 1 spiro atoms. The number of hydrogen-bond donors (Lipinski definition) is 1. The van der Waals surface area contributed by atoms with E-state index in [0.29, 0.717) is 32.5 Å². The van der Waals surface area contributed by atoms with Crippen LogP contribution in [0.15, 0.2) is 5.38 Å². The van der Waals surface area contributed by atoms with Crippen molar-refractivity contribution in [2.24, 2.45) is 0 Å². The molecule has 1 aromatic heterocycles. The fourth-order valence-corrected chi connectivity index (χ4v) is 3.74. The predicted molar refractivity (Wildman–Crippen MR) is 75.7 cm³/mol. The van der Waals surface area contributed by atoms with Crippen molar-refractivity contribution in [2.45, 2.75) is 44.3 Å². The summed E-state index contributed by atoms with van der Waals surface area (Å²) in [7, 11) is 0. The summed E-state index contributed by atoms with van der Waals surface area (Å²) in [4.78, 5) is 18.5. The Hall–Kier alpha value is -0.980. The number of aliphatic hydroxyl groups is 1. The molecule has 0 bridgehead atoms. The Labute approximate surface area is 122 Å².